The summed E-state index contributed by atoms with van der Waals surface area (Å²) in [6.45, 7) is 2.37. The number of rotatable bonds is 6. The number of hydrogen-bond donors (Lipinski definition) is 0. The highest BCUT2D eigenvalue weighted by Crippen LogP contribution is 2.38. The van der Waals surface area contributed by atoms with E-state index in [1.54, 1.807) is 36.2 Å². The van der Waals surface area contributed by atoms with Gasteiger partial charge in [0.25, 0.3) is 0 Å². The molecule has 0 saturated heterocycles. The maximum atomic E-state index is 13.6. The third-order valence-electron chi connectivity index (χ3n) is 4.43. The summed E-state index contributed by atoms with van der Waals surface area (Å²) in [4.78, 5) is 11.2. The minimum Gasteiger partial charge on any atom is -0.494 e. The standard InChI is InChI=1S/C21H20BrF3N4O/c1-4-30-17-11-9-15(10-12-17)28(2)19-18(21(23,24)25)13-26-20(27-19)29(3)16-7-5-14(22)6-8-16/h5-13H,4H2,1-3H3. The van der Waals surface area contributed by atoms with Crippen LogP contribution >= 0.6 is 15.9 Å². The van der Waals surface area contributed by atoms with Crippen molar-refractivity contribution >= 4 is 39.1 Å². The van der Waals surface area contributed by atoms with Crippen LogP contribution in [0.3, 0.4) is 0 Å². The third-order valence-corrected chi connectivity index (χ3v) is 4.96. The van der Waals surface area contributed by atoms with Crippen molar-refractivity contribution in [3.05, 3.63) is 64.8 Å². The van der Waals surface area contributed by atoms with Crippen LogP contribution in [0.2, 0.25) is 0 Å². The van der Waals surface area contributed by atoms with E-state index in [9.17, 15) is 13.2 Å². The average Bonchev–Trinajstić information content (AvgIpc) is 2.73. The normalized spacial score (nSPS) is 11.3. The van der Waals surface area contributed by atoms with Crippen molar-refractivity contribution in [2.75, 3.05) is 30.5 Å². The lowest BCUT2D eigenvalue weighted by molar-refractivity contribution is -0.137. The average molecular weight is 481 g/mol. The number of alkyl halides is 3. The molecule has 0 unspecified atom stereocenters. The summed E-state index contributed by atoms with van der Waals surface area (Å²) in [6, 6.07) is 14.1. The molecule has 3 aromatic rings. The molecule has 0 spiro atoms. The number of benzene rings is 2. The van der Waals surface area contributed by atoms with Crippen LogP contribution in [-0.2, 0) is 6.18 Å². The van der Waals surface area contributed by atoms with Crippen LogP contribution < -0.4 is 14.5 Å². The van der Waals surface area contributed by atoms with Crippen molar-refractivity contribution in [3.8, 4) is 5.75 Å². The smallest absolute Gasteiger partial charge is 0.421 e. The van der Waals surface area contributed by atoms with Crippen molar-refractivity contribution in [2.24, 2.45) is 0 Å². The second-order valence-electron chi connectivity index (χ2n) is 6.43. The molecule has 1 aromatic heterocycles. The number of ether oxygens (including phenoxy) is 1. The Balaban J connectivity index is 2.01. The van der Waals surface area contributed by atoms with Crippen molar-refractivity contribution in [2.45, 2.75) is 13.1 Å². The van der Waals surface area contributed by atoms with Crippen LogP contribution in [0.15, 0.2) is 59.2 Å². The molecule has 0 fully saturated rings. The van der Waals surface area contributed by atoms with Gasteiger partial charge < -0.3 is 14.5 Å². The van der Waals surface area contributed by atoms with Gasteiger partial charge in [0.1, 0.15) is 11.3 Å². The van der Waals surface area contributed by atoms with Crippen molar-refractivity contribution < 1.29 is 17.9 Å². The van der Waals surface area contributed by atoms with Gasteiger partial charge in [-0.3, -0.25) is 0 Å². The van der Waals surface area contributed by atoms with E-state index in [0.717, 1.165) is 16.4 Å². The number of aromatic nitrogens is 2. The number of halogens is 4. The van der Waals surface area contributed by atoms with Gasteiger partial charge in [0, 0.05) is 36.1 Å². The zero-order valence-corrected chi connectivity index (χ0v) is 18.2. The van der Waals surface area contributed by atoms with E-state index in [-0.39, 0.29) is 11.8 Å². The molecule has 0 N–H and O–H groups in total. The van der Waals surface area contributed by atoms with Gasteiger partial charge in [-0.25, -0.2) is 4.98 Å². The Kier molecular flexibility index (Phi) is 6.50. The molecule has 0 radical (unpaired) electrons. The van der Waals surface area contributed by atoms with Gasteiger partial charge in [-0.1, -0.05) is 15.9 Å². The molecule has 158 valence electrons. The minimum absolute atomic E-state index is 0.151. The molecular weight excluding hydrogens is 461 g/mol. The molecule has 2 aromatic carbocycles. The summed E-state index contributed by atoms with van der Waals surface area (Å²) in [6.07, 6.45) is -3.78. The summed E-state index contributed by atoms with van der Waals surface area (Å²) in [5.41, 5.74) is 0.374. The Labute approximate surface area is 181 Å². The maximum absolute atomic E-state index is 13.6. The Hall–Kier alpha value is -2.81. The number of anilines is 4. The molecule has 30 heavy (non-hydrogen) atoms. The minimum atomic E-state index is -4.59. The summed E-state index contributed by atoms with van der Waals surface area (Å²) in [5, 5.41) is 0. The topological polar surface area (TPSA) is 41.5 Å². The Morgan fingerprint density at radius 3 is 2.07 bits per heavy atom. The van der Waals surface area contributed by atoms with E-state index in [1.807, 2.05) is 31.2 Å². The molecule has 0 atom stereocenters. The largest absolute Gasteiger partial charge is 0.494 e. The van der Waals surface area contributed by atoms with Crippen LogP contribution in [0.5, 0.6) is 5.75 Å². The predicted octanol–water partition coefficient (Wildman–Crippen LogP) is 6.19. The van der Waals surface area contributed by atoms with E-state index in [1.165, 1.54) is 11.9 Å². The molecule has 0 aliphatic carbocycles. The Bertz CT molecular complexity index is 995. The van der Waals surface area contributed by atoms with Gasteiger partial charge in [0.2, 0.25) is 5.95 Å². The fourth-order valence-corrected chi connectivity index (χ4v) is 3.08. The highest BCUT2D eigenvalue weighted by Gasteiger charge is 2.37. The molecule has 0 bridgehead atoms. The first kappa shape index (κ1) is 21.9. The summed E-state index contributed by atoms with van der Waals surface area (Å²) in [7, 11) is 3.24. The van der Waals surface area contributed by atoms with Gasteiger partial charge >= 0.3 is 6.18 Å². The van der Waals surface area contributed by atoms with Gasteiger partial charge in [-0.15, -0.1) is 0 Å². The SMILES string of the molecule is CCOc1ccc(N(C)c2nc(N(C)c3ccc(Br)cc3)ncc2C(F)(F)F)cc1. The summed E-state index contributed by atoms with van der Waals surface area (Å²) in [5.74, 6) is 0.558. The van der Waals surface area contributed by atoms with Crippen LogP contribution in [0.4, 0.5) is 36.3 Å². The lowest BCUT2D eigenvalue weighted by Crippen LogP contribution is -2.21. The van der Waals surface area contributed by atoms with Gasteiger partial charge in [0.15, 0.2) is 5.82 Å². The molecule has 0 saturated carbocycles. The zero-order chi connectivity index (χ0) is 21.9. The van der Waals surface area contributed by atoms with Crippen molar-refractivity contribution in [1.82, 2.24) is 9.97 Å². The first-order valence-corrected chi connectivity index (χ1v) is 9.90. The molecule has 0 amide bonds. The molecule has 1 heterocycles. The van der Waals surface area contributed by atoms with E-state index < -0.39 is 11.7 Å². The van der Waals surface area contributed by atoms with E-state index in [0.29, 0.717) is 18.0 Å². The first-order valence-electron chi connectivity index (χ1n) is 9.11. The van der Waals surface area contributed by atoms with Gasteiger partial charge in [-0.05, 0) is 55.5 Å². The van der Waals surface area contributed by atoms with Crippen molar-refractivity contribution in [1.29, 1.82) is 0 Å². The highest BCUT2D eigenvalue weighted by molar-refractivity contribution is 9.10. The Morgan fingerprint density at radius 1 is 0.933 bits per heavy atom. The van der Waals surface area contributed by atoms with Crippen LogP contribution in [0.1, 0.15) is 12.5 Å². The molecule has 5 nitrogen and oxygen atoms in total. The van der Waals surface area contributed by atoms with E-state index in [4.69, 9.17) is 4.74 Å². The molecule has 0 aliphatic heterocycles. The highest BCUT2D eigenvalue weighted by atomic mass is 79.9. The van der Waals surface area contributed by atoms with Crippen LogP contribution in [0.25, 0.3) is 0 Å². The quantitative estimate of drug-likeness (QED) is 0.420. The van der Waals surface area contributed by atoms with Gasteiger partial charge in [-0.2, -0.15) is 18.2 Å². The maximum Gasteiger partial charge on any atom is 0.421 e. The van der Waals surface area contributed by atoms with Crippen LogP contribution in [0, 0.1) is 0 Å². The molecule has 0 aliphatic rings. The molecule has 9 heteroatoms. The monoisotopic (exact) mass is 480 g/mol. The molecule has 3 rings (SSSR count). The van der Waals surface area contributed by atoms with Crippen molar-refractivity contribution in [3.63, 3.8) is 0 Å². The van der Waals surface area contributed by atoms with Gasteiger partial charge in [0.05, 0.1) is 6.61 Å². The lowest BCUT2D eigenvalue weighted by Gasteiger charge is -2.25. The number of nitrogens with zero attached hydrogens (tertiary/aromatic N) is 4. The summed E-state index contributed by atoms with van der Waals surface area (Å²) < 4.78 is 47.2. The summed E-state index contributed by atoms with van der Waals surface area (Å²) >= 11 is 3.36. The first-order chi connectivity index (χ1) is 14.2. The second-order valence-corrected chi connectivity index (χ2v) is 7.34. The van der Waals surface area contributed by atoms with E-state index in [2.05, 4.69) is 25.9 Å². The zero-order valence-electron chi connectivity index (χ0n) is 16.6. The second kappa shape index (κ2) is 8.91. The predicted molar refractivity (Wildman–Crippen MR) is 115 cm³/mol. The lowest BCUT2D eigenvalue weighted by atomic mass is 10.2. The number of hydrogen-bond acceptors (Lipinski definition) is 5. The fourth-order valence-electron chi connectivity index (χ4n) is 2.82. The third kappa shape index (κ3) is 4.84. The van der Waals surface area contributed by atoms with E-state index >= 15 is 0 Å². The fraction of sp³-hybridized carbons (Fsp3) is 0.238. The van der Waals surface area contributed by atoms with Crippen LogP contribution in [-0.4, -0.2) is 30.7 Å². The Morgan fingerprint density at radius 2 is 1.50 bits per heavy atom. The molecular formula is C21H20BrF3N4O.